The van der Waals surface area contributed by atoms with Crippen molar-refractivity contribution in [3.63, 3.8) is 0 Å². The summed E-state index contributed by atoms with van der Waals surface area (Å²) in [5.41, 5.74) is 1.28. The number of anilines is 1. The number of sulfonamides is 1. The summed E-state index contributed by atoms with van der Waals surface area (Å²) in [6.45, 7) is 0.594. The van der Waals surface area contributed by atoms with E-state index < -0.39 is 10.0 Å². The van der Waals surface area contributed by atoms with Gasteiger partial charge in [0.15, 0.2) is 0 Å². The van der Waals surface area contributed by atoms with Crippen LogP contribution in [0.4, 0.5) is 5.69 Å². The molecule has 104 valence electrons. The van der Waals surface area contributed by atoms with Gasteiger partial charge in [0.2, 0.25) is 0 Å². The number of fused-ring (bicyclic) bond motifs is 1. The Bertz CT molecular complexity index is 759. The predicted molar refractivity (Wildman–Crippen MR) is 77.9 cm³/mol. The Morgan fingerprint density at radius 1 is 1.15 bits per heavy atom. The summed E-state index contributed by atoms with van der Waals surface area (Å²) in [7, 11) is -3.65. The molecule has 1 aliphatic heterocycles. The average Bonchev–Trinajstić information content (AvgIpc) is 2.88. The SMILES string of the molecule is O=S(=O)(Nc1ccccc1Cl)c1ccc2c(c1)CCO2. The number of rotatable bonds is 3. The van der Waals surface area contributed by atoms with Gasteiger partial charge in [-0.3, -0.25) is 4.72 Å². The molecule has 1 heterocycles. The number of hydrogen-bond donors (Lipinski definition) is 1. The normalized spacial score (nSPS) is 13.7. The summed E-state index contributed by atoms with van der Waals surface area (Å²) in [6.07, 6.45) is 0.727. The predicted octanol–water partition coefficient (Wildman–Crippen LogP) is 3.08. The molecule has 0 saturated carbocycles. The molecule has 4 nitrogen and oxygen atoms in total. The maximum absolute atomic E-state index is 12.3. The Balaban J connectivity index is 1.94. The molecule has 3 rings (SSSR count). The van der Waals surface area contributed by atoms with Crippen LogP contribution >= 0.6 is 11.6 Å². The third-order valence-corrected chi connectivity index (χ3v) is 4.78. The fourth-order valence-electron chi connectivity index (χ4n) is 2.08. The van der Waals surface area contributed by atoms with Gasteiger partial charge >= 0.3 is 0 Å². The van der Waals surface area contributed by atoms with Crippen LogP contribution in [-0.4, -0.2) is 15.0 Å². The zero-order chi connectivity index (χ0) is 14.2. The van der Waals surface area contributed by atoms with E-state index in [2.05, 4.69) is 4.72 Å². The van der Waals surface area contributed by atoms with E-state index in [1.165, 1.54) is 6.07 Å². The molecule has 0 aliphatic carbocycles. The third-order valence-electron chi connectivity index (χ3n) is 3.09. The first-order valence-corrected chi connectivity index (χ1v) is 7.95. The Labute approximate surface area is 122 Å². The van der Waals surface area contributed by atoms with Crippen LogP contribution in [0, 0.1) is 0 Å². The van der Waals surface area contributed by atoms with E-state index in [-0.39, 0.29) is 4.90 Å². The van der Waals surface area contributed by atoms with Crippen molar-refractivity contribution >= 4 is 27.3 Å². The van der Waals surface area contributed by atoms with E-state index in [9.17, 15) is 8.42 Å². The summed E-state index contributed by atoms with van der Waals surface area (Å²) in [5, 5.41) is 0.362. The van der Waals surface area contributed by atoms with Crippen molar-refractivity contribution in [3.05, 3.63) is 53.1 Å². The molecule has 0 aromatic heterocycles. The first-order valence-electron chi connectivity index (χ1n) is 6.09. The number of para-hydroxylation sites is 1. The van der Waals surface area contributed by atoms with Gasteiger partial charge in [0, 0.05) is 6.42 Å². The fourth-order valence-corrected chi connectivity index (χ4v) is 3.45. The summed E-state index contributed by atoms with van der Waals surface area (Å²) in [6, 6.07) is 11.6. The van der Waals surface area contributed by atoms with Crippen molar-refractivity contribution in [1.82, 2.24) is 0 Å². The minimum absolute atomic E-state index is 0.210. The van der Waals surface area contributed by atoms with Gasteiger partial charge in [-0.25, -0.2) is 8.42 Å². The van der Waals surface area contributed by atoms with Crippen molar-refractivity contribution in [1.29, 1.82) is 0 Å². The molecule has 0 bridgehead atoms. The van der Waals surface area contributed by atoms with Crippen LogP contribution in [0.1, 0.15) is 5.56 Å². The van der Waals surface area contributed by atoms with Crippen molar-refractivity contribution in [3.8, 4) is 5.75 Å². The van der Waals surface area contributed by atoms with Gasteiger partial charge < -0.3 is 4.74 Å². The molecule has 0 spiro atoms. The quantitative estimate of drug-likeness (QED) is 0.948. The lowest BCUT2D eigenvalue weighted by molar-refractivity contribution is 0.356. The van der Waals surface area contributed by atoms with Crippen LogP contribution in [0.15, 0.2) is 47.4 Å². The zero-order valence-electron chi connectivity index (χ0n) is 10.5. The molecule has 0 fully saturated rings. The second-order valence-corrected chi connectivity index (χ2v) is 6.54. The molecule has 0 unspecified atom stereocenters. The van der Waals surface area contributed by atoms with Crippen LogP contribution in [0.5, 0.6) is 5.75 Å². The lowest BCUT2D eigenvalue weighted by Crippen LogP contribution is -2.13. The van der Waals surface area contributed by atoms with Crippen molar-refractivity contribution < 1.29 is 13.2 Å². The van der Waals surface area contributed by atoms with E-state index in [4.69, 9.17) is 16.3 Å². The highest BCUT2D eigenvalue weighted by Crippen LogP contribution is 2.29. The molecular formula is C14H12ClNO3S. The minimum Gasteiger partial charge on any atom is -0.493 e. The largest absolute Gasteiger partial charge is 0.493 e. The number of ether oxygens (including phenoxy) is 1. The first-order chi connectivity index (χ1) is 9.56. The molecule has 0 atom stereocenters. The van der Waals surface area contributed by atoms with E-state index in [1.807, 2.05) is 0 Å². The molecule has 1 N–H and O–H groups in total. The number of hydrogen-bond acceptors (Lipinski definition) is 3. The molecule has 0 saturated heterocycles. The van der Waals surface area contributed by atoms with Crippen molar-refractivity contribution in [2.75, 3.05) is 11.3 Å². The molecule has 1 aliphatic rings. The summed E-state index contributed by atoms with van der Waals surface area (Å²) < 4.78 is 32.5. The van der Waals surface area contributed by atoms with E-state index >= 15 is 0 Å². The van der Waals surface area contributed by atoms with Crippen LogP contribution in [0.25, 0.3) is 0 Å². The first kappa shape index (κ1) is 13.3. The lowest BCUT2D eigenvalue weighted by atomic mass is 10.2. The van der Waals surface area contributed by atoms with Crippen molar-refractivity contribution in [2.45, 2.75) is 11.3 Å². The van der Waals surface area contributed by atoms with Gasteiger partial charge in [-0.2, -0.15) is 0 Å². The number of halogens is 1. The lowest BCUT2D eigenvalue weighted by Gasteiger charge is -2.10. The third kappa shape index (κ3) is 2.46. The van der Waals surface area contributed by atoms with Gasteiger partial charge in [0.25, 0.3) is 10.0 Å². The van der Waals surface area contributed by atoms with E-state index in [1.54, 1.807) is 36.4 Å². The van der Waals surface area contributed by atoms with Gasteiger partial charge in [-0.05, 0) is 35.9 Å². The standard InChI is InChI=1S/C14H12ClNO3S/c15-12-3-1-2-4-13(12)16-20(17,18)11-5-6-14-10(9-11)7-8-19-14/h1-6,9,16H,7-8H2. The van der Waals surface area contributed by atoms with Gasteiger partial charge in [-0.1, -0.05) is 23.7 Å². The second-order valence-electron chi connectivity index (χ2n) is 4.45. The fraction of sp³-hybridized carbons (Fsp3) is 0.143. The zero-order valence-corrected chi connectivity index (χ0v) is 12.0. The highest BCUT2D eigenvalue weighted by Gasteiger charge is 2.19. The molecule has 6 heteroatoms. The van der Waals surface area contributed by atoms with Crippen LogP contribution < -0.4 is 9.46 Å². The van der Waals surface area contributed by atoms with E-state index in [0.29, 0.717) is 17.3 Å². The van der Waals surface area contributed by atoms with Gasteiger partial charge in [-0.15, -0.1) is 0 Å². The number of benzene rings is 2. The molecule has 2 aromatic rings. The van der Waals surface area contributed by atoms with Crippen molar-refractivity contribution in [2.24, 2.45) is 0 Å². The Morgan fingerprint density at radius 3 is 2.75 bits per heavy atom. The molecule has 2 aromatic carbocycles. The topological polar surface area (TPSA) is 55.4 Å². The Kier molecular flexibility index (Phi) is 3.31. The molecule has 0 radical (unpaired) electrons. The average molecular weight is 310 g/mol. The summed E-state index contributed by atoms with van der Waals surface area (Å²) >= 11 is 5.96. The maximum atomic E-state index is 12.3. The van der Waals surface area contributed by atoms with E-state index in [0.717, 1.165) is 17.7 Å². The number of nitrogens with one attached hydrogen (secondary N) is 1. The Hall–Kier alpha value is -1.72. The smallest absolute Gasteiger partial charge is 0.261 e. The summed E-state index contributed by atoms with van der Waals surface area (Å²) in [5.74, 6) is 0.752. The van der Waals surface area contributed by atoms with Crippen LogP contribution in [0.3, 0.4) is 0 Å². The van der Waals surface area contributed by atoms with Crippen LogP contribution in [0.2, 0.25) is 5.02 Å². The Morgan fingerprint density at radius 2 is 1.95 bits per heavy atom. The second kappa shape index (κ2) is 5.00. The molecule has 20 heavy (non-hydrogen) atoms. The monoisotopic (exact) mass is 309 g/mol. The van der Waals surface area contributed by atoms with Gasteiger partial charge in [0.05, 0.1) is 22.2 Å². The van der Waals surface area contributed by atoms with Crippen LogP contribution in [-0.2, 0) is 16.4 Å². The molecule has 0 amide bonds. The maximum Gasteiger partial charge on any atom is 0.261 e. The highest BCUT2D eigenvalue weighted by molar-refractivity contribution is 7.92. The summed E-state index contributed by atoms with van der Waals surface area (Å²) in [4.78, 5) is 0.210. The van der Waals surface area contributed by atoms with Gasteiger partial charge in [0.1, 0.15) is 5.75 Å². The minimum atomic E-state index is -3.65. The molecular weight excluding hydrogens is 298 g/mol. The highest BCUT2D eigenvalue weighted by atomic mass is 35.5.